The molecule has 17 heavy (non-hydrogen) atoms. The van der Waals surface area contributed by atoms with Crippen LogP contribution in [0.1, 0.15) is 45.4 Å². The van der Waals surface area contributed by atoms with Gasteiger partial charge in [-0.25, -0.2) is 0 Å². The zero-order chi connectivity index (χ0) is 12.7. The SMILES string of the molecule is CC1CCC(CN)C(N(C)CCCCCO)C1. The summed E-state index contributed by atoms with van der Waals surface area (Å²) >= 11 is 0. The fourth-order valence-corrected chi connectivity index (χ4v) is 3.04. The van der Waals surface area contributed by atoms with E-state index in [4.69, 9.17) is 10.8 Å². The van der Waals surface area contributed by atoms with Gasteiger partial charge < -0.3 is 15.7 Å². The quantitative estimate of drug-likeness (QED) is 0.670. The lowest BCUT2D eigenvalue weighted by molar-refractivity contribution is 0.106. The van der Waals surface area contributed by atoms with E-state index in [-0.39, 0.29) is 0 Å². The maximum atomic E-state index is 8.76. The molecule has 0 radical (unpaired) electrons. The van der Waals surface area contributed by atoms with Crippen LogP contribution >= 0.6 is 0 Å². The first-order chi connectivity index (χ1) is 8.19. The summed E-state index contributed by atoms with van der Waals surface area (Å²) in [4.78, 5) is 2.50. The lowest BCUT2D eigenvalue weighted by atomic mass is 9.78. The molecular formula is C14H30N2O. The number of unbranched alkanes of at least 4 members (excludes halogenated alkanes) is 2. The van der Waals surface area contributed by atoms with Crippen LogP contribution in [0.4, 0.5) is 0 Å². The van der Waals surface area contributed by atoms with Gasteiger partial charge in [-0.2, -0.15) is 0 Å². The topological polar surface area (TPSA) is 49.5 Å². The molecule has 0 aromatic heterocycles. The van der Waals surface area contributed by atoms with Crippen molar-refractivity contribution >= 4 is 0 Å². The lowest BCUT2D eigenvalue weighted by Crippen LogP contribution is -2.45. The van der Waals surface area contributed by atoms with E-state index in [0.29, 0.717) is 18.6 Å². The number of hydrogen-bond donors (Lipinski definition) is 2. The Morgan fingerprint density at radius 1 is 1.24 bits per heavy atom. The molecule has 3 nitrogen and oxygen atoms in total. The van der Waals surface area contributed by atoms with Crippen LogP contribution in [0.5, 0.6) is 0 Å². The van der Waals surface area contributed by atoms with E-state index in [2.05, 4.69) is 18.9 Å². The molecule has 0 amide bonds. The second-order valence-corrected chi connectivity index (χ2v) is 5.75. The van der Waals surface area contributed by atoms with Gasteiger partial charge in [-0.3, -0.25) is 0 Å². The molecule has 0 heterocycles. The highest BCUT2D eigenvalue weighted by molar-refractivity contribution is 4.85. The zero-order valence-electron chi connectivity index (χ0n) is 11.6. The standard InChI is InChI=1S/C14H30N2O/c1-12-6-7-13(11-15)14(10-12)16(2)8-4-3-5-9-17/h12-14,17H,3-11,15H2,1-2H3. The van der Waals surface area contributed by atoms with Gasteiger partial charge in [0, 0.05) is 12.6 Å². The molecule has 1 rings (SSSR count). The Balaban J connectivity index is 2.33. The molecule has 102 valence electrons. The third kappa shape index (κ3) is 4.94. The van der Waals surface area contributed by atoms with Crippen molar-refractivity contribution in [2.24, 2.45) is 17.6 Å². The minimum atomic E-state index is 0.329. The molecular weight excluding hydrogens is 212 g/mol. The highest BCUT2D eigenvalue weighted by atomic mass is 16.2. The van der Waals surface area contributed by atoms with Crippen molar-refractivity contribution in [2.45, 2.75) is 51.5 Å². The third-order valence-electron chi connectivity index (χ3n) is 4.26. The predicted molar refractivity (Wildman–Crippen MR) is 72.9 cm³/mol. The fraction of sp³-hybridized carbons (Fsp3) is 1.00. The van der Waals surface area contributed by atoms with Crippen molar-refractivity contribution in [1.82, 2.24) is 4.90 Å². The molecule has 0 aliphatic heterocycles. The molecule has 3 heteroatoms. The number of nitrogens with two attached hydrogens (primary N) is 1. The first kappa shape index (κ1) is 14.9. The second kappa shape index (κ2) is 8.06. The number of nitrogens with zero attached hydrogens (tertiary/aromatic N) is 1. The molecule has 3 N–H and O–H groups in total. The maximum absolute atomic E-state index is 8.76. The summed E-state index contributed by atoms with van der Waals surface area (Å²) < 4.78 is 0. The average molecular weight is 242 g/mol. The predicted octanol–water partition coefficient (Wildman–Crippen LogP) is 1.84. The Labute approximate surface area is 106 Å². The summed E-state index contributed by atoms with van der Waals surface area (Å²) in [5, 5.41) is 8.76. The largest absolute Gasteiger partial charge is 0.396 e. The van der Waals surface area contributed by atoms with Crippen LogP contribution < -0.4 is 5.73 Å². The summed E-state index contributed by atoms with van der Waals surface area (Å²) in [6.45, 7) is 4.67. The Hall–Kier alpha value is -0.120. The summed E-state index contributed by atoms with van der Waals surface area (Å²) in [5.41, 5.74) is 5.89. The zero-order valence-corrected chi connectivity index (χ0v) is 11.6. The molecule has 0 bridgehead atoms. The van der Waals surface area contributed by atoms with E-state index in [1.54, 1.807) is 0 Å². The van der Waals surface area contributed by atoms with E-state index in [9.17, 15) is 0 Å². The second-order valence-electron chi connectivity index (χ2n) is 5.75. The van der Waals surface area contributed by atoms with Crippen molar-refractivity contribution in [3.05, 3.63) is 0 Å². The highest BCUT2D eigenvalue weighted by Gasteiger charge is 2.30. The minimum Gasteiger partial charge on any atom is -0.396 e. The van der Waals surface area contributed by atoms with Gasteiger partial charge in [0.2, 0.25) is 0 Å². The number of hydrogen-bond acceptors (Lipinski definition) is 3. The van der Waals surface area contributed by atoms with Gasteiger partial charge in [0.1, 0.15) is 0 Å². The molecule has 1 saturated carbocycles. The van der Waals surface area contributed by atoms with Gasteiger partial charge in [0.05, 0.1) is 0 Å². The smallest absolute Gasteiger partial charge is 0.0431 e. The van der Waals surface area contributed by atoms with E-state index >= 15 is 0 Å². The molecule has 3 unspecified atom stereocenters. The van der Waals surface area contributed by atoms with Crippen molar-refractivity contribution < 1.29 is 5.11 Å². The van der Waals surface area contributed by atoms with Crippen molar-refractivity contribution in [3.63, 3.8) is 0 Å². The Morgan fingerprint density at radius 2 is 2.00 bits per heavy atom. The van der Waals surface area contributed by atoms with Crippen LogP contribution in [-0.2, 0) is 0 Å². The van der Waals surface area contributed by atoms with Gasteiger partial charge in [0.25, 0.3) is 0 Å². The van der Waals surface area contributed by atoms with Gasteiger partial charge in [0.15, 0.2) is 0 Å². The van der Waals surface area contributed by atoms with Crippen LogP contribution in [0.25, 0.3) is 0 Å². The van der Waals surface area contributed by atoms with Crippen molar-refractivity contribution in [2.75, 3.05) is 26.7 Å². The van der Waals surface area contributed by atoms with E-state index in [0.717, 1.165) is 31.8 Å². The monoisotopic (exact) mass is 242 g/mol. The molecule has 1 aliphatic rings. The first-order valence-electron chi connectivity index (χ1n) is 7.20. The normalized spacial score (nSPS) is 29.8. The number of aliphatic hydroxyl groups excluding tert-OH is 1. The Morgan fingerprint density at radius 3 is 2.65 bits per heavy atom. The highest BCUT2D eigenvalue weighted by Crippen LogP contribution is 2.31. The first-order valence-corrected chi connectivity index (χ1v) is 7.20. The number of rotatable bonds is 7. The summed E-state index contributed by atoms with van der Waals surface area (Å²) in [5.74, 6) is 1.54. The van der Waals surface area contributed by atoms with Crippen molar-refractivity contribution in [3.8, 4) is 0 Å². The molecule has 0 saturated heterocycles. The lowest BCUT2D eigenvalue weighted by Gasteiger charge is -2.40. The van der Waals surface area contributed by atoms with Crippen LogP contribution in [0.2, 0.25) is 0 Å². The number of aliphatic hydroxyl groups is 1. The van der Waals surface area contributed by atoms with Gasteiger partial charge >= 0.3 is 0 Å². The molecule has 0 aromatic rings. The third-order valence-corrected chi connectivity index (χ3v) is 4.26. The fourth-order valence-electron chi connectivity index (χ4n) is 3.04. The molecule has 1 fully saturated rings. The molecule has 0 spiro atoms. The summed E-state index contributed by atoms with van der Waals surface area (Å²) in [6, 6.07) is 0.679. The van der Waals surface area contributed by atoms with Crippen LogP contribution in [0, 0.1) is 11.8 Å². The summed E-state index contributed by atoms with van der Waals surface area (Å²) in [7, 11) is 2.24. The van der Waals surface area contributed by atoms with Crippen LogP contribution in [0.3, 0.4) is 0 Å². The van der Waals surface area contributed by atoms with Crippen LogP contribution in [-0.4, -0.2) is 42.8 Å². The van der Waals surface area contributed by atoms with E-state index < -0.39 is 0 Å². The van der Waals surface area contributed by atoms with Crippen molar-refractivity contribution in [1.29, 1.82) is 0 Å². The maximum Gasteiger partial charge on any atom is 0.0431 e. The van der Waals surface area contributed by atoms with E-state index in [1.807, 2.05) is 0 Å². The molecule has 0 aromatic carbocycles. The Bertz CT molecular complexity index is 199. The van der Waals surface area contributed by atoms with Gasteiger partial charge in [-0.05, 0) is 64.1 Å². The minimum absolute atomic E-state index is 0.329. The van der Waals surface area contributed by atoms with Crippen LogP contribution in [0.15, 0.2) is 0 Å². The van der Waals surface area contributed by atoms with E-state index in [1.165, 1.54) is 25.7 Å². The molecule has 3 atom stereocenters. The average Bonchev–Trinajstić information content (AvgIpc) is 2.34. The Kier molecular flexibility index (Phi) is 7.09. The molecule has 1 aliphatic carbocycles. The summed E-state index contributed by atoms with van der Waals surface area (Å²) in [6.07, 6.45) is 7.21. The van der Waals surface area contributed by atoms with Gasteiger partial charge in [-0.15, -0.1) is 0 Å². The van der Waals surface area contributed by atoms with Gasteiger partial charge in [-0.1, -0.05) is 13.3 Å².